The van der Waals surface area contributed by atoms with Crippen molar-refractivity contribution in [2.45, 2.75) is 69.3 Å². The van der Waals surface area contributed by atoms with Crippen molar-refractivity contribution in [2.24, 2.45) is 5.73 Å². The smallest absolute Gasteiger partial charge is 0.326 e. The number of nitrogens with two attached hydrogens (primary N) is 1. The van der Waals surface area contributed by atoms with Gasteiger partial charge in [0.15, 0.2) is 0 Å². The number of carboxylic acid groups (broad SMARTS) is 1. The minimum atomic E-state index is -1.59. The van der Waals surface area contributed by atoms with Gasteiger partial charge < -0.3 is 36.8 Å². The molecule has 2 saturated heterocycles. The summed E-state index contributed by atoms with van der Waals surface area (Å²) in [5.74, 6) is -4.16. The number of hydrogen-bond donors (Lipinski definition) is 6. The second-order valence-corrected chi connectivity index (χ2v) is 7.64. The number of amides is 4. The lowest BCUT2D eigenvalue weighted by molar-refractivity contribution is -0.145. The van der Waals surface area contributed by atoms with Crippen molar-refractivity contribution in [3.63, 3.8) is 0 Å². The number of hydrogen-bond acceptors (Lipinski definition) is 7. The van der Waals surface area contributed by atoms with Crippen molar-refractivity contribution < 1.29 is 34.2 Å². The molecule has 0 aromatic carbocycles. The van der Waals surface area contributed by atoms with Gasteiger partial charge in [-0.2, -0.15) is 0 Å². The molecule has 7 N–H and O–H groups in total. The van der Waals surface area contributed by atoms with Crippen molar-refractivity contribution in [2.75, 3.05) is 13.1 Å². The van der Waals surface area contributed by atoms with Gasteiger partial charge in [0.05, 0.1) is 18.6 Å². The first-order valence-corrected chi connectivity index (χ1v) is 9.95. The van der Waals surface area contributed by atoms with Crippen LogP contribution in [0, 0.1) is 0 Å². The summed E-state index contributed by atoms with van der Waals surface area (Å²) in [5, 5.41) is 26.7. The third-order valence-corrected chi connectivity index (χ3v) is 5.28. The van der Waals surface area contributed by atoms with Crippen LogP contribution in [0.25, 0.3) is 0 Å². The maximum absolute atomic E-state index is 12.8. The molecule has 2 aliphatic heterocycles. The third kappa shape index (κ3) is 5.89. The first-order chi connectivity index (χ1) is 14.1. The van der Waals surface area contributed by atoms with Gasteiger partial charge in [-0.15, -0.1) is 0 Å². The second-order valence-electron chi connectivity index (χ2n) is 7.64. The number of likely N-dealkylation sites (tertiary alicyclic amines) is 1. The van der Waals surface area contributed by atoms with Crippen LogP contribution in [0.2, 0.25) is 0 Å². The van der Waals surface area contributed by atoms with Crippen LogP contribution in [0.5, 0.6) is 0 Å². The van der Waals surface area contributed by atoms with Crippen molar-refractivity contribution in [3.05, 3.63) is 0 Å². The fourth-order valence-corrected chi connectivity index (χ4v) is 3.72. The summed E-state index contributed by atoms with van der Waals surface area (Å²) in [6.07, 6.45) is 0.625. The molecule has 30 heavy (non-hydrogen) atoms. The first kappa shape index (κ1) is 23.5. The number of carbonyl (C=O) groups is 5. The molecule has 2 rings (SSSR count). The van der Waals surface area contributed by atoms with E-state index in [4.69, 9.17) is 10.8 Å². The normalized spacial score (nSPS) is 24.0. The van der Waals surface area contributed by atoms with E-state index >= 15 is 0 Å². The number of primary amides is 1. The summed E-state index contributed by atoms with van der Waals surface area (Å²) in [6.45, 7) is 2.41. The molecular formula is C18H29N5O7. The van der Waals surface area contributed by atoms with Gasteiger partial charge >= 0.3 is 5.97 Å². The number of carboxylic acids is 1. The van der Waals surface area contributed by atoms with Crippen LogP contribution >= 0.6 is 0 Å². The number of nitrogens with zero attached hydrogens (tertiary/aromatic N) is 1. The largest absolute Gasteiger partial charge is 0.480 e. The van der Waals surface area contributed by atoms with Crippen molar-refractivity contribution >= 4 is 29.6 Å². The average molecular weight is 427 g/mol. The van der Waals surface area contributed by atoms with E-state index < -0.39 is 54.3 Å². The Morgan fingerprint density at radius 1 is 1.17 bits per heavy atom. The molecule has 0 aromatic rings. The Kier molecular flexibility index (Phi) is 8.12. The zero-order valence-electron chi connectivity index (χ0n) is 16.8. The predicted molar refractivity (Wildman–Crippen MR) is 103 cm³/mol. The molecule has 2 aliphatic rings. The average Bonchev–Trinajstić information content (AvgIpc) is 3.35. The van der Waals surface area contributed by atoms with E-state index in [0.29, 0.717) is 25.8 Å². The number of carbonyl (C=O) groups excluding carboxylic acids is 4. The number of rotatable bonds is 9. The molecule has 12 heteroatoms. The Labute approximate surface area is 173 Å². The Morgan fingerprint density at radius 3 is 2.40 bits per heavy atom. The van der Waals surface area contributed by atoms with Crippen LogP contribution < -0.4 is 21.7 Å². The molecule has 2 fully saturated rings. The van der Waals surface area contributed by atoms with Gasteiger partial charge in [0.25, 0.3) is 0 Å². The molecule has 2 heterocycles. The van der Waals surface area contributed by atoms with Gasteiger partial charge in [-0.1, -0.05) is 0 Å². The standard InChI is InChI=1S/C18H29N5O7/c1-9(24)14(16(27)21-11(18(29)30)8-13(19)25)22-15(26)12-5-3-7-23(12)17(28)10-4-2-6-20-10/h9-12,14,20,24H,2-8H2,1H3,(H2,19,25)(H,21,27)(H,22,26)(H,29,30). The maximum atomic E-state index is 12.8. The summed E-state index contributed by atoms with van der Waals surface area (Å²) in [4.78, 5) is 61.6. The van der Waals surface area contributed by atoms with Crippen LogP contribution in [0.1, 0.15) is 39.0 Å². The van der Waals surface area contributed by atoms with Gasteiger partial charge in [0.1, 0.15) is 18.1 Å². The highest BCUT2D eigenvalue weighted by molar-refractivity contribution is 5.95. The molecule has 0 aliphatic carbocycles. The Balaban J connectivity index is 2.04. The summed E-state index contributed by atoms with van der Waals surface area (Å²) in [6, 6.07) is -4.17. The molecule has 0 radical (unpaired) electrons. The second kappa shape index (κ2) is 10.3. The molecule has 5 atom stereocenters. The zero-order chi connectivity index (χ0) is 22.4. The molecule has 0 aromatic heterocycles. The fraction of sp³-hybridized carbons (Fsp3) is 0.722. The summed E-state index contributed by atoms with van der Waals surface area (Å²) < 4.78 is 0. The van der Waals surface area contributed by atoms with Gasteiger partial charge in [-0.05, 0) is 39.2 Å². The maximum Gasteiger partial charge on any atom is 0.326 e. The number of aliphatic carboxylic acids is 1. The fourth-order valence-electron chi connectivity index (χ4n) is 3.72. The van der Waals surface area contributed by atoms with E-state index in [1.165, 1.54) is 11.8 Å². The zero-order valence-corrected chi connectivity index (χ0v) is 16.8. The number of nitrogens with one attached hydrogen (secondary N) is 3. The highest BCUT2D eigenvalue weighted by Gasteiger charge is 2.40. The Bertz CT molecular complexity index is 692. The lowest BCUT2D eigenvalue weighted by Gasteiger charge is -2.29. The van der Waals surface area contributed by atoms with Gasteiger partial charge in [0, 0.05) is 6.54 Å². The molecule has 0 bridgehead atoms. The highest BCUT2D eigenvalue weighted by atomic mass is 16.4. The quantitative estimate of drug-likeness (QED) is 0.225. The lowest BCUT2D eigenvalue weighted by atomic mass is 10.1. The minimum Gasteiger partial charge on any atom is -0.480 e. The lowest BCUT2D eigenvalue weighted by Crippen LogP contribution is -2.59. The monoisotopic (exact) mass is 427 g/mol. The molecule has 4 amide bonds. The van der Waals surface area contributed by atoms with Crippen molar-refractivity contribution in [3.8, 4) is 0 Å². The van der Waals surface area contributed by atoms with Crippen LogP contribution in [-0.4, -0.2) is 88.1 Å². The molecule has 5 unspecified atom stereocenters. The van der Waals surface area contributed by atoms with Gasteiger partial charge in [-0.3, -0.25) is 19.2 Å². The molecule has 0 saturated carbocycles. The van der Waals surface area contributed by atoms with Crippen LogP contribution in [0.4, 0.5) is 0 Å². The first-order valence-electron chi connectivity index (χ1n) is 9.95. The molecule has 12 nitrogen and oxygen atoms in total. The molecular weight excluding hydrogens is 398 g/mol. The van der Waals surface area contributed by atoms with Crippen LogP contribution in [-0.2, 0) is 24.0 Å². The number of aliphatic hydroxyl groups excluding tert-OH is 1. The van der Waals surface area contributed by atoms with Crippen LogP contribution in [0.3, 0.4) is 0 Å². The van der Waals surface area contributed by atoms with E-state index in [-0.39, 0.29) is 11.9 Å². The minimum absolute atomic E-state index is 0.171. The van der Waals surface area contributed by atoms with Crippen molar-refractivity contribution in [1.82, 2.24) is 20.9 Å². The van der Waals surface area contributed by atoms with Gasteiger partial charge in [0.2, 0.25) is 23.6 Å². The van der Waals surface area contributed by atoms with E-state index in [1.54, 1.807) is 0 Å². The van der Waals surface area contributed by atoms with E-state index in [2.05, 4.69) is 16.0 Å². The molecule has 0 spiro atoms. The highest BCUT2D eigenvalue weighted by Crippen LogP contribution is 2.21. The third-order valence-electron chi connectivity index (χ3n) is 5.28. The number of aliphatic hydroxyl groups is 1. The van der Waals surface area contributed by atoms with Gasteiger partial charge in [-0.25, -0.2) is 4.79 Å². The van der Waals surface area contributed by atoms with E-state index in [9.17, 15) is 29.1 Å². The summed E-state index contributed by atoms with van der Waals surface area (Å²) >= 11 is 0. The van der Waals surface area contributed by atoms with Crippen molar-refractivity contribution in [1.29, 1.82) is 0 Å². The predicted octanol–water partition coefficient (Wildman–Crippen LogP) is -2.96. The molecule has 168 valence electrons. The van der Waals surface area contributed by atoms with Crippen LogP contribution in [0.15, 0.2) is 0 Å². The van der Waals surface area contributed by atoms with E-state index in [1.807, 2.05) is 0 Å². The topological polar surface area (TPSA) is 191 Å². The summed E-state index contributed by atoms with van der Waals surface area (Å²) in [5.41, 5.74) is 4.99. The summed E-state index contributed by atoms with van der Waals surface area (Å²) in [7, 11) is 0. The Morgan fingerprint density at radius 2 is 1.87 bits per heavy atom. The SMILES string of the molecule is CC(O)C(NC(=O)C1CCCN1C(=O)C1CCCN1)C(=O)NC(CC(N)=O)C(=O)O. The Hall–Kier alpha value is -2.73. The van der Waals surface area contributed by atoms with E-state index in [0.717, 1.165) is 13.0 Å².